The number of aromatic carboxylic acids is 1. The van der Waals surface area contributed by atoms with Gasteiger partial charge in [0.2, 0.25) is 0 Å². The third-order valence-electron chi connectivity index (χ3n) is 22.5. The van der Waals surface area contributed by atoms with Gasteiger partial charge in [-0.1, -0.05) is 0 Å². The molecule has 9 fully saturated rings. The van der Waals surface area contributed by atoms with Crippen LogP contribution in [0.3, 0.4) is 0 Å². The molecule has 31 nitrogen and oxygen atoms in total. The Bertz CT molecular complexity index is 4670. The topological polar surface area (TPSA) is 360 Å². The van der Waals surface area contributed by atoms with E-state index in [-0.39, 0.29) is 119 Å². The maximum atomic E-state index is 13.8. The number of hydrogen-bond donors (Lipinski definition) is 6. The SMILES string of the molecule is Nc1cn(C2CCC(CO)CC2)nc1C(F)F.O=C(Nc1cn(C2CCC(CO)CC2)nc1C(F)F)c1cnn2ccc(N3C[C@H]4CC[C@@H](C3)O4)nc12.O=C(O)c1cnn2ccc(N3C[C@H]4CC[C@@H](C3)O4)nc12.O=CC1CCC(n2cc(NC(=O)c3cnn4ccc(N5C[C@H]6CC[C@@H](C5)O6)nc34)c(C(F)F)n2)CC1.[2H][3H]. The lowest BCUT2D eigenvalue weighted by atomic mass is 9.87. The van der Waals surface area contributed by atoms with E-state index < -0.39 is 48.4 Å². The third-order valence-corrected chi connectivity index (χ3v) is 22.5. The molecule has 3 aliphatic carbocycles. The molecule has 0 unspecified atom stereocenters. The summed E-state index contributed by atoms with van der Waals surface area (Å²) >= 11 is 0. The van der Waals surface area contributed by atoms with E-state index in [9.17, 15) is 50.6 Å². The van der Waals surface area contributed by atoms with Gasteiger partial charge in [0.25, 0.3) is 31.1 Å². The number of aliphatic hydroxyl groups excluding tert-OH is 2. The van der Waals surface area contributed by atoms with Crippen LogP contribution in [0.1, 0.15) is 204 Å². The number of nitrogen functional groups attached to an aromatic ring is 1. The van der Waals surface area contributed by atoms with Crippen LogP contribution in [0.25, 0.3) is 16.9 Å². The summed E-state index contributed by atoms with van der Waals surface area (Å²) in [6.45, 7) is 4.93. The Morgan fingerprint density at radius 1 is 0.495 bits per heavy atom. The number of halogens is 6. The minimum absolute atomic E-state index is 0.00573. The van der Waals surface area contributed by atoms with Crippen molar-refractivity contribution in [3.63, 3.8) is 0 Å². The normalized spacial score (nSPS) is 25.9. The van der Waals surface area contributed by atoms with E-state index in [1.807, 2.05) is 18.2 Å². The highest BCUT2D eigenvalue weighted by atomic mass is 19.3. The minimum atomic E-state index is -2.85. The molecule has 9 aromatic rings. The molecule has 0 radical (unpaired) electrons. The largest absolute Gasteiger partial charge is 0.477 e. The Labute approximate surface area is 623 Å². The van der Waals surface area contributed by atoms with Gasteiger partial charge in [-0.15, -0.1) is 0 Å². The summed E-state index contributed by atoms with van der Waals surface area (Å²) in [5.74, 6) is 0.685. The number of aromatic nitrogens is 15. The quantitative estimate of drug-likeness (QED) is 0.0364. The van der Waals surface area contributed by atoms with E-state index in [2.05, 4.69) is 65.9 Å². The number of rotatable bonds is 17. The van der Waals surface area contributed by atoms with Crippen molar-refractivity contribution in [2.24, 2.45) is 17.8 Å². The Kier molecular flexibility index (Phi) is 21.8. The molecule has 6 bridgehead atoms. The minimum Gasteiger partial charge on any atom is -0.477 e. The first-order valence-corrected chi connectivity index (χ1v) is 37.4. The van der Waals surface area contributed by atoms with Crippen molar-refractivity contribution >= 4 is 75.5 Å². The Balaban J connectivity index is 0.000000128. The van der Waals surface area contributed by atoms with E-state index in [0.717, 1.165) is 153 Å². The van der Waals surface area contributed by atoms with Gasteiger partial charge in [0.05, 0.1) is 90.4 Å². The van der Waals surface area contributed by atoms with Crippen LogP contribution in [-0.4, -0.2) is 202 Å². The molecule has 37 heteroatoms. The lowest BCUT2D eigenvalue weighted by molar-refractivity contribution is -0.112. The number of amides is 2. The zero-order valence-electron chi connectivity index (χ0n) is 61.6. The number of aliphatic hydroxyl groups is 2. The highest BCUT2D eigenvalue weighted by molar-refractivity contribution is 6.09. The monoisotopic (exact) mass is 1520 g/mol. The van der Waals surface area contributed by atoms with Crippen LogP contribution in [0.15, 0.2) is 74.0 Å². The van der Waals surface area contributed by atoms with Crippen molar-refractivity contribution in [1.82, 2.24) is 73.1 Å². The molecule has 3 saturated carbocycles. The molecule has 109 heavy (non-hydrogen) atoms. The van der Waals surface area contributed by atoms with Gasteiger partial charge in [-0.05, 0) is 146 Å². The molecule has 18 rings (SSSR count). The number of aldehydes is 1. The fraction of sp³-hybridized carbons (Fsp3) is 0.569. The first kappa shape index (κ1) is 73.3. The summed E-state index contributed by atoms with van der Waals surface area (Å²) in [6.07, 6.45) is 23.4. The van der Waals surface area contributed by atoms with Gasteiger partial charge in [0.1, 0.15) is 40.4 Å². The second-order valence-electron chi connectivity index (χ2n) is 29.7. The van der Waals surface area contributed by atoms with Gasteiger partial charge in [-0.25, -0.2) is 59.6 Å². The highest BCUT2D eigenvalue weighted by Crippen LogP contribution is 2.40. The van der Waals surface area contributed by atoms with E-state index >= 15 is 0 Å². The number of morpholine rings is 3. The number of nitrogens with one attached hydrogen (secondary N) is 2. The van der Waals surface area contributed by atoms with Crippen LogP contribution in [0, 0.1) is 17.8 Å². The first-order chi connectivity index (χ1) is 53.8. The molecule has 7 N–H and O–H groups in total. The summed E-state index contributed by atoms with van der Waals surface area (Å²) in [4.78, 5) is 68.9. The average molecular weight is 1530 g/mol. The molecule has 2 amide bonds. The van der Waals surface area contributed by atoms with Crippen LogP contribution in [-0.2, 0) is 19.0 Å². The van der Waals surface area contributed by atoms with Crippen LogP contribution in [0.5, 0.6) is 0 Å². The fourth-order valence-corrected chi connectivity index (χ4v) is 16.5. The maximum absolute atomic E-state index is 13.8. The van der Waals surface area contributed by atoms with Gasteiger partial charge in [0.15, 0.2) is 34.0 Å². The van der Waals surface area contributed by atoms with E-state index in [4.69, 9.17) is 38.1 Å². The molecule has 0 spiro atoms. The average Bonchev–Trinajstić information content (AvgIpc) is 1.66. The number of alkyl halides is 6. The summed E-state index contributed by atoms with van der Waals surface area (Å²) in [5.41, 5.74) is 5.86. The van der Waals surface area contributed by atoms with Crippen LogP contribution in [0.2, 0.25) is 0 Å². The fourth-order valence-electron chi connectivity index (χ4n) is 16.5. The highest BCUT2D eigenvalue weighted by Gasteiger charge is 2.39. The van der Waals surface area contributed by atoms with Crippen LogP contribution in [0.4, 0.5) is 60.9 Å². The number of nitrogens with zero attached hydrogens (tertiary/aromatic N) is 18. The Morgan fingerprint density at radius 2 is 0.817 bits per heavy atom. The molecule has 6 atom stereocenters. The Morgan fingerprint density at radius 3 is 1.14 bits per heavy atom. The molecule has 6 saturated heterocycles. The number of carboxylic acids is 1. The number of ether oxygens (including phenoxy) is 3. The second-order valence-corrected chi connectivity index (χ2v) is 29.7. The predicted molar refractivity (Wildman–Crippen MR) is 383 cm³/mol. The molecule has 9 aliphatic rings. The number of carbonyl (C=O) groups excluding carboxylic acids is 3. The summed E-state index contributed by atoms with van der Waals surface area (Å²) in [6, 6.07) is 5.58. The number of hydrogen-bond acceptors (Lipinski definition) is 22. The molecule has 15 heterocycles. The molecule has 6 aliphatic heterocycles. The second kappa shape index (κ2) is 32.4. The van der Waals surface area contributed by atoms with Crippen molar-refractivity contribution in [2.75, 3.05) is 83.5 Å². The van der Waals surface area contributed by atoms with Gasteiger partial charge in [0, 0.05) is 98.6 Å². The summed E-state index contributed by atoms with van der Waals surface area (Å²) < 4.78 is 117. The molecule has 584 valence electrons. The number of anilines is 6. The summed E-state index contributed by atoms with van der Waals surface area (Å²) in [7, 11) is 0. The van der Waals surface area contributed by atoms with Crippen molar-refractivity contribution in [1.29, 1.82) is 0 Å². The standard InChI is InChI=1S/C24H29F2N7O3.C24H27F2N7O3.C13H14N4O3.C11H17F2N3O.H2/c2*25-22(26)21-19(12-33(30-21)15-3-1-14(13-34)2-4-15)28-24(35)18-9-27-32-8-7-20(29-23(18)32)31-10-16-5-6-17(11-31)36-16;18-13(19)10-5-14-17-4-3-11(15-12(10)17)16-6-8-1-2-9(7-16)20-8;12-11(13)10-9(14)5-16(15-10)8-3-1-7(6-17)2-4-8;/h7-9,12,14-17,22,34H,1-6,10-11,13H2,(H,28,35);7-9,12-17,22H,1-6,10-11H2,(H,28,35);3-5,8-9H,1-2,6-7H2,(H,18,19);5,7-8,11,17H,1-4,6,14H2;1H/t2*14?,15?,16-,17+;8-,9+;;/i;;;;1+2D. The predicted octanol–water partition coefficient (Wildman–Crippen LogP) is 9.79. The molecule has 0 aromatic carbocycles. The van der Waals surface area contributed by atoms with Crippen LogP contribution < -0.4 is 31.1 Å². The van der Waals surface area contributed by atoms with Gasteiger partial charge in [-0.2, -0.15) is 30.6 Å². The van der Waals surface area contributed by atoms with Gasteiger partial charge in [-0.3, -0.25) is 23.6 Å². The van der Waals surface area contributed by atoms with Crippen molar-refractivity contribution < 1.29 is 78.0 Å². The molecular weight excluding hydrogens is 1430 g/mol. The lowest BCUT2D eigenvalue weighted by Gasteiger charge is -2.32. The zero-order chi connectivity index (χ0) is 77.7. The van der Waals surface area contributed by atoms with E-state index in [1.54, 1.807) is 23.3 Å². The van der Waals surface area contributed by atoms with Crippen molar-refractivity contribution in [3.05, 3.63) is 108 Å². The molecule has 9 aromatic heterocycles. The maximum Gasteiger partial charge on any atom is 0.341 e. The lowest BCUT2D eigenvalue weighted by Crippen LogP contribution is -2.43. The van der Waals surface area contributed by atoms with E-state index in [0.29, 0.717) is 48.5 Å². The third kappa shape index (κ3) is 16.4. The zero-order valence-corrected chi connectivity index (χ0v) is 59.6. The summed E-state index contributed by atoms with van der Waals surface area (Å²) in [5, 5.41) is 57.2. The van der Waals surface area contributed by atoms with E-state index in [1.165, 1.54) is 60.1 Å². The van der Waals surface area contributed by atoms with Crippen molar-refractivity contribution in [3.8, 4) is 0 Å². The van der Waals surface area contributed by atoms with Gasteiger partial charge < -0.3 is 65.4 Å². The number of carboxylic acid groups (broad SMARTS) is 1. The van der Waals surface area contributed by atoms with Crippen LogP contribution >= 0.6 is 0 Å². The molecular formula is C72H89F6N21O10. The first-order valence-electron chi connectivity index (χ1n) is 38.4. The smallest absolute Gasteiger partial charge is 0.341 e. The van der Waals surface area contributed by atoms with Gasteiger partial charge >= 0.3 is 5.97 Å². The number of nitrogens with two attached hydrogens (primary N) is 1. The number of fused-ring (bicyclic) bond motifs is 9. The Hall–Kier alpha value is -9.85. The van der Waals surface area contributed by atoms with Crippen molar-refractivity contribution in [2.45, 2.75) is 190 Å². The number of carbonyl (C=O) groups is 4.